The number of phenolic OH excluding ortho intramolecular Hbond substituents is 1. The summed E-state index contributed by atoms with van der Waals surface area (Å²) in [6, 6.07) is 6.47. The van der Waals surface area contributed by atoms with Gasteiger partial charge in [-0.3, -0.25) is 9.59 Å². The smallest absolute Gasteiger partial charge is 0.257 e. The molecule has 0 spiro atoms. The number of carbonyl (C=O) groups is 2. The van der Waals surface area contributed by atoms with Gasteiger partial charge >= 0.3 is 0 Å². The van der Waals surface area contributed by atoms with Crippen LogP contribution in [0.4, 0.5) is 0 Å². The fraction of sp³-hybridized carbons (Fsp3) is 0.500. The Morgan fingerprint density at radius 3 is 2.39 bits per heavy atom. The van der Waals surface area contributed by atoms with Crippen LogP contribution in [-0.4, -0.2) is 72.7 Å². The lowest BCUT2D eigenvalue weighted by molar-refractivity contribution is -0.135. The molecular formula is C16H23N3O4. The van der Waals surface area contributed by atoms with Crippen molar-refractivity contribution in [3.05, 3.63) is 29.8 Å². The lowest BCUT2D eigenvalue weighted by Gasteiger charge is -2.35. The third-order valence-electron chi connectivity index (χ3n) is 4.05. The van der Waals surface area contributed by atoms with Crippen LogP contribution in [0.2, 0.25) is 0 Å². The summed E-state index contributed by atoms with van der Waals surface area (Å²) in [5.41, 5.74) is 5.82. The number of nitrogens with zero attached hydrogens (tertiary/aromatic N) is 2. The maximum absolute atomic E-state index is 12.4. The number of phenols is 1. The van der Waals surface area contributed by atoms with E-state index in [1.165, 1.54) is 13.2 Å². The van der Waals surface area contributed by atoms with Gasteiger partial charge in [-0.25, -0.2) is 0 Å². The zero-order chi connectivity index (χ0) is 16.8. The number of para-hydroxylation sites is 1. The van der Waals surface area contributed by atoms with Crippen molar-refractivity contribution in [2.24, 2.45) is 5.73 Å². The molecule has 1 aromatic rings. The van der Waals surface area contributed by atoms with E-state index < -0.39 is 0 Å². The molecule has 1 heterocycles. The number of benzene rings is 1. The fourth-order valence-corrected chi connectivity index (χ4v) is 2.57. The Kier molecular flexibility index (Phi) is 5.95. The molecule has 1 aliphatic heterocycles. The van der Waals surface area contributed by atoms with Gasteiger partial charge in [-0.05, 0) is 12.1 Å². The van der Waals surface area contributed by atoms with E-state index >= 15 is 0 Å². The topological polar surface area (TPSA) is 96.1 Å². The molecule has 126 valence electrons. The first-order valence-corrected chi connectivity index (χ1v) is 7.64. The van der Waals surface area contributed by atoms with Crippen LogP contribution >= 0.6 is 0 Å². The fourth-order valence-electron chi connectivity index (χ4n) is 2.57. The van der Waals surface area contributed by atoms with E-state index in [-0.39, 0.29) is 35.7 Å². The van der Waals surface area contributed by atoms with E-state index in [1.807, 2.05) is 0 Å². The van der Waals surface area contributed by atoms with Gasteiger partial charge in [-0.2, -0.15) is 0 Å². The average molecular weight is 321 g/mol. The highest BCUT2D eigenvalue weighted by atomic mass is 16.5. The second kappa shape index (κ2) is 7.94. The van der Waals surface area contributed by atoms with Crippen LogP contribution in [0.25, 0.3) is 0 Å². The van der Waals surface area contributed by atoms with Crippen LogP contribution in [0, 0.1) is 0 Å². The van der Waals surface area contributed by atoms with E-state index in [0.717, 1.165) is 0 Å². The van der Waals surface area contributed by atoms with Crippen molar-refractivity contribution in [2.75, 3.05) is 39.8 Å². The number of hydrogen-bond donors (Lipinski definition) is 2. The minimum Gasteiger partial charge on any atom is -0.507 e. The molecule has 1 saturated heterocycles. The summed E-state index contributed by atoms with van der Waals surface area (Å²) in [6.45, 7) is 2.13. The molecule has 1 atom stereocenters. The number of amides is 2. The van der Waals surface area contributed by atoms with Crippen molar-refractivity contribution >= 4 is 11.8 Å². The monoisotopic (exact) mass is 321 g/mol. The van der Waals surface area contributed by atoms with Gasteiger partial charge in [-0.15, -0.1) is 0 Å². The zero-order valence-corrected chi connectivity index (χ0v) is 13.3. The third kappa shape index (κ3) is 4.20. The Labute approximate surface area is 135 Å². The van der Waals surface area contributed by atoms with Gasteiger partial charge in [0.2, 0.25) is 5.91 Å². The standard InChI is InChI=1S/C16H23N3O4/c1-23-12(11-17)10-15(21)18-6-8-19(9-7-18)16(22)13-4-2-3-5-14(13)20/h2-5,12,20H,6-11,17H2,1H3. The highest BCUT2D eigenvalue weighted by Gasteiger charge is 2.26. The average Bonchev–Trinajstić information content (AvgIpc) is 2.59. The lowest BCUT2D eigenvalue weighted by atomic mass is 10.1. The van der Waals surface area contributed by atoms with Gasteiger partial charge in [0.15, 0.2) is 0 Å². The number of hydrogen-bond acceptors (Lipinski definition) is 5. The van der Waals surface area contributed by atoms with Crippen molar-refractivity contribution in [2.45, 2.75) is 12.5 Å². The first kappa shape index (κ1) is 17.2. The predicted molar refractivity (Wildman–Crippen MR) is 85.1 cm³/mol. The molecule has 0 radical (unpaired) electrons. The Hall–Kier alpha value is -2.12. The Morgan fingerprint density at radius 1 is 1.22 bits per heavy atom. The molecule has 0 aliphatic carbocycles. The summed E-state index contributed by atoms with van der Waals surface area (Å²) in [5.74, 6) is -0.259. The molecular weight excluding hydrogens is 298 g/mol. The Balaban J connectivity index is 1.90. The van der Waals surface area contributed by atoms with E-state index in [4.69, 9.17) is 10.5 Å². The third-order valence-corrected chi connectivity index (χ3v) is 4.05. The van der Waals surface area contributed by atoms with Gasteiger partial charge in [0.05, 0.1) is 18.1 Å². The molecule has 2 amide bonds. The van der Waals surface area contributed by atoms with Crippen molar-refractivity contribution in [1.82, 2.24) is 9.80 Å². The molecule has 1 unspecified atom stereocenters. The number of piperazine rings is 1. The summed E-state index contributed by atoms with van der Waals surface area (Å²) in [6.07, 6.45) is -0.0242. The lowest BCUT2D eigenvalue weighted by Crippen LogP contribution is -2.51. The number of rotatable bonds is 5. The van der Waals surface area contributed by atoms with Crippen LogP contribution in [0.1, 0.15) is 16.8 Å². The van der Waals surface area contributed by atoms with Crippen molar-refractivity contribution in [3.63, 3.8) is 0 Å². The molecule has 2 rings (SSSR count). The summed E-state index contributed by atoms with van der Waals surface area (Å²) in [7, 11) is 1.54. The van der Waals surface area contributed by atoms with E-state index in [0.29, 0.717) is 32.7 Å². The van der Waals surface area contributed by atoms with Crippen molar-refractivity contribution in [3.8, 4) is 5.75 Å². The Bertz CT molecular complexity index is 552. The maximum Gasteiger partial charge on any atom is 0.257 e. The first-order chi connectivity index (χ1) is 11.1. The number of methoxy groups -OCH3 is 1. The van der Waals surface area contributed by atoms with Gasteiger partial charge in [0, 0.05) is 39.8 Å². The largest absolute Gasteiger partial charge is 0.507 e. The second-order valence-corrected chi connectivity index (χ2v) is 5.49. The highest BCUT2D eigenvalue weighted by Crippen LogP contribution is 2.19. The summed E-state index contributed by atoms with van der Waals surface area (Å²) in [4.78, 5) is 27.9. The van der Waals surface area contributed by atoms with Crippen LogP contribution in [0.3, 0.4) is 0 Å². The molecule has 0 aromatic heterocycles. The molecule has 0 bridgehead atoms. The number of ether oxygens (including phenoxy) is 1. The van der Waals surface area contributed by atoms with Crippen LogP contribution in [-0.2, 0) is 9.53 Å². The quantitative estimate of drug-likeness (QED) is 0.798. The van der Waals surface area contributed by atoms with Crippen molar-refractivity contribution < 1.29 is 19.4 Å². The van der Waals surface area contributed by atoms with Crippen LogP contribution in [0.5, 0.6) is 5.75 Å². The minimum atomic E-state index is -0.275. The predicted octanol–water partition coefficient (Wildman–Crippen LogP) is 0.0404. The van der Waals surface area contributed by atoms with E-state index in [1.54, 1.807) is 28.0 Å². The minimum absolute atomic E-state index is 0.0167. The molecule has 3 N–H and O–H groups in total. The summed E-state index contributed by atoms with van der Waals surface area (Å²) < 4.78 is 5.13. The second-order valence-electron chi connectivity index (χ2n) is 5.49. The SMILES string of the molecule is COC(CN)CC(=O)N1CCN(C(=O)c2ccccc2O)CC1. The Morgan fingerprint density at radius 2 is 1.83 bits per heavy atom. The van der Waals surface area contributed by atoms with Crippen LogP contribution < -0.4 is 5.73 Å². The number of carbonyl (C=O) groups excluding carboxylic acids is 2. The van der Waals surface area contributed by atoms with Gasteiger partial charge in [-0.1, -0.05) is 12.1 Å². The molecule has 7 nitrogen and oxygen atoms in total. The van der Waals surface area contributed by atoms with Crippen LogP contribution in [0.15, 0.2) is 24.3 Å². The van der Waals surface area contributed by atoms with Gasteiger partial charge in [0.1, 0.15) is 5.75 Å². The number of nitrogens with two attached hydrogens (primary N) is 1. The first-order valence-electron chi connectivity index (χ1n) is 7.64. The molecule has 0 saturated carbocycles. The molecule has 1 aromatic carbocycles. The number of aromatic hydroxyl groups is 1. The highest BCUT2D eigenvalue weighted by molar-refractivity contribution is 5.97. The molecule has 7 heteroatoms. The summed E-state index contributed by atoms with van der Waals surface area (Å²) in [5, 5.41) is 9.77. The molecule has 1 fully saturated rings. The zero-order valence-electron chi connectivity index (χ0n) is 13.3. The normalized spacial score (nSPS) is 16.3. The van der Waals surface area contributed by atoms with E-state index in [2.05, 4.69) is 0 Å². The molecule has 23 heavy (non-hydrogen) atoms. The van der Waals surface area contributed by atoms with Gasteiger partial charge < -0.3 is 25.4 Å². The maximum atomic E-state index is 12.4. The van der Waals surface area contributed by atoms with Crippen molar-refractivity contribution in [1.29, 1.82) is 0 Å². The van der Waals surface area contributed by atoms with E-state index in [9.17, 15) is 14.7 Å². The van der Waals surface area contributed by atoms with Gasteiger partial charge in [0.25, 0.3) is 5.91 Å². The molecule has 1 aliphatic rings. The summed E-state index contributed by atoms with van der Waals surface area (Å²) >= 11 is 0.